The third kappa shape index (κ3) is 4.85. The summed E-state index contributed by atoms with van der Waals surface area (Å²) in [7, 11) is 0. The summed E-state index contributed by atoms with van der Waals surface area (Å²) in [5.74, 6) is 0. The minimum atomic E-state index is 1.08. The average Bonchev–Trinajstić information content (AvgIpc) is 3.64. The Hall–Kier alpha value is -7.68. The van der Waals surface area contributed by atoms with Gasteiger partial charge in [-0.2, -0.15) is 0 Å². The van der Waals surface area contributed by atoms with Crippen molar-refractivity contribution in [1.82, 2.24) is 4.57 Å². The summed E-state index contributed by atoms with van der Waals surface area (Å²) in [5.41, 5.74) is 10.5. The Kier molecular flexibility index (Phi) is 7.26. The summed E-state index contributed by atoms with van der Waals surface area (Å²) >= 11 is 0. The predicted molar refractivity (Wildman–Crippen MR) is 249 cm³/mol. The van der Waals surface area contributed by atoms with Crippen LogP contribution in [0.3, 0.4) is 0 Å². The molecule has 11 aromatic carbocycles. The fourth-order valence-electron chi connectivity index (χ4n) is 9.64. The van der Waals surface area contributed by atoms with Crippen LogP contribution in [-0.2, 0) is 0 Å². The molecule has 0 atom stereocenters. The van der Waals surface area contributed by atoms with E-state index in [2.05, 4.69) is 222 Å². The number of aromatic nitrogens is 1. The Bertz CT molecular complexity index is 3570. The Morgan fingerprint density at radius 3 is 1.62 bits per heavy atom. The lowest BCUT2D eigenvalue weighted by molar-refractivity contribution is 1.20. The highest BCUT2D eigenvalue weighted by atomic mass is 15.0. The largest absolute Gasteiger partial charge is 0.354 e. The molecule has 0 bridgehead atoms. The van der Waals surface area contributed by atoms with E-state index in [1.165, 1.54) is 104 Å². The van der Waals surface area contributed by atoms with Crippen LogP contribution in [0.5, 0.6) is 0 Å². The van der Waals surface area contributed by atoms with E-state index in [4.69, 9.17) is 0 Å². The van der Waals surface area contributed by atoms with Crippen LogP contribution in [0.15, 0.2) is 212 Å². The number of nitrogens with zero attached hydrogens (tertiary/aromatic N) is 1. The molecule has 2 nitrogen and oxygen atoms in total. The molecule has 12 rings (SSSR count). The van der Waals surface area contributed by atoms with Crippen LogP contribution in [0.2, 0.25) is 0 Å². The molecular weight excluding hydrogens is 701 g/mol. The highest BCUT2D eigenvalue weighted by Gasteiger charge is 2.26. The molecule has 0 amide bonds. The molecule has 270 valence electrons. The molecule has 0 unspecified atom stereocenters. The van der Waals surface area contributed by atoms with Crippen molar-refractivity contribution in [2.45, 2.75) is 0 Å². The third-order valence-corrected chi connectivity index (χ3v) is 12.1. The number of fused-ring (bicyclic) bond motifs is 12. The number of hydrogen-bond acceptors (Lipinski definition) is 1. The van der Waals surface area contributed by atoms with Crippen LogP contribution in [0.1, 0.15) is 0 Å². The maximum Gasteiger partial charge on any atom is 0.0626 e. The van der Waals surface area contributed by atoms with E-state index >= 15 is 0 Å². The van der Waals surface area contributed by atoms with Crippen molar-refractivity contribution in [2.24, 2.45) is 0 Å². The fraction of sp³-hybridized carbons (Fsp3) is 0. The Morgan fingerprint density at radius 1 is 0.328 bits per heavy atom. The summed E-state index contributed by atoms with van der Waals surface area (Å²) in [6.45, 7) is 0. The lowest BCUT2D eigenvalue weighted by atomic mass is 9.86. The van der Waals surface area contributed by atoms with Crippen LogP contribution in [0, 0.1) is 0 Å². The zero-order chi connectivity index (χ0) is 38.2. The first-order chi connectivity index (χ1) is 28.8. The summed E-state index contributed by atoms with van der Waals surface area (Å²) in [6.07, 6.45) is 0. The zero-order valence-corrected chi connectivity index (χ0v) is 31.7. The second kappa shape index (κ2) is 12.9. The monoisotopic (exact) mass is 736 g/mol. The van der Waals surface area contributed by atoms with E-state index in [9.17, 15) is 0 Å². The zero-order valence-electron chi connectivity index (χ0n) is 31.7. The molecule has 2 heteroatoms. The van der Waals surface area contributed by atoms with Gasteiger partial charge in [0.15, 0.2) is 0 Å². The van der Waals surface area contributed by atoms with E-state index < -0.39 is 0 Å². The molecule has 0 spiro atoms. The molecular formula is C56H36N2. The number of anilines is 2. The van der Waals surface area contributed by atoms with Crippen LogP contribution in [-0.4, -0.2) is 4.57 Å². The molecule has 0 aliphatic carbocycles. The maximum atomic E-state index is 4.15. The van der Waals surface area contributed by atoms with Crippen molar-refractivity contribution in [3.05, 3.63) is 212 Å². The van der Waals surface area contributed by atoms with Gasteiger partial charge in [0.25, 0.3) is 0 Å². The van der Waals surface area contributed by atoms with E-state index in [0.29, 0.717) is 0 Å². The Balaban J connectivity index is 1.35. The molecule has 0 radical (unpaired) electrons. The van der Waals surface area contributed by atoms with E-state index in [0.717, 1.165) is 11.4 Å². The summed E-state index contributed by atoms with van der Waals surface area (Å²) < 4.78 is 2.54. The molecule has 12 aromatic rings. The molecule has 58 heavy (non-hydrogen) atoms. The quantitative estimate of drug-likeness (QED) is 0.174. The highest BCUT2D eigenvalue weighted by molar-refractivity contribution is 6.41. The van der Waals surface area contributed by atoms with Gasteiger partial charge < -0.3 is 9.88 Å². The van der Waals surface area contributed by atoms with Gasteiger partial charge in [-0.05, 0) is 67.9 Å². The van der Waals surface area contributed by atoms with Crippen LogP contribution in [0.25, 0.3) is 104 Å². The second-order valence-corrected chi connectivity index (χ2v) is 15.3. The van der Waals surface area contributed by atoms with Crippen LogP contribution in [0.4, 0.5) is 11.4 Å². The van der Waals surface area contributed by atoms with Crippen molar-refractivity contribution in [1.29, 1.82) is 0 Å². The van der Waals surface area contributed by atoms with Crippen LogP contribution >= 0.6 is 0 Å². The van der Waals surface area contributed by atoms with Crippen molar-refractivity contribution in [3.8, 4) is 27.9 Å². The smallest absolute Gasteiger partial charge is 0.0626 e. The van der Waals surface area contributed by atoms with Crippen molar-refractivity contribution < 1.29 is 0 Å². The van der Waals surface area contributed by atoms with Gasteiger partial charge in [-0.3, -0.25) is 0 Å². The van der Waals surface area contributed by atoms with Gasteiger partial charge in [0.2, 0.25) is 0 Å². The number of rotatable bonds is 5. The van der Waals surface area contributed by atoms with Crippen molar-refractivity contribution in [3.63, 3.8) is 0 Å². The van der Waals surface area contributed by atoms with Crippen molar-refractivity contribution in [2.75, 3.05) is 5.32 Å². The fourth-order valence-corrected chi connectivity index (χ4v) is 9.64. The molecule has 1 N–H and O–H groups in total. The lowest BCUT2D eigenvalue weighted by Gasteiger charge is -2.23. The normalized spacial score (nSPS) is 11.8. The molecule has 0 saturated carbocycles. The lowest BCUT2D eigenvalue weighted by Crippen LogP contribution is -2.00. The number of hydrogen-bond donors (Lipinski definition) is 1. The highest BCUT2D eigenvalue weighted by Crippen LogP contribution is 2.52. The van der Waals surface area contributed by atoms with Gasteiger partial charge in [-0.25, -0.2) is 0 Å². The summed E-state index contributed by atoms with van der Waals surface area (Å²) in [4.78, 5) is 0. The van der Waals surface area contributed by atoms with Gasteiger partial charge in [-0.15, -0.1) is 0 Å². The van der Waals surface area contributed by atoms with Crippen LogP contribution < -0.4 is 5.32 Å². The summed E-state index contributed by atoms with van der Waals surface area (Å²) in [5, 5.41) is 18.8. The second-order valence-electron chi connectivity index (χ2n) is 15.3. The van der Waals surface area contributed by atoms with Gasteiger partial charge in [0, 0.05) is 49.0 Å². The first-order valence-corrected chi connectivity index (χ1v) is 20.0. The minimum Gasteiger partial charge on any atom is -0.354 e. The van der Waals surface area contributed by atoms with Gasteiger partial charge >= 0.3 is 0 Å². The topological polar surface area (TPSA) is 17.0 Å². The molecule has 0 saturated heterocycles. The third-order valence-electron chi connectivity index (χ3n) is 12.1. The number of nitrogens with one attached hydrogen (secondary N) is 1. The molecule has 1 aromatic heterocycles. The molecule has 0 fully saturated rings. The SMILES string of the molecule is c1ccc(-c2ccc3c(c2)c2c4c5ccccc5c(-c5ccccc5)c(Nc5cccc6ccccc56)c4c4ccccc4c2n3-c2cccc3ccccc23)cc1. The molecule has 0 aliphatic heterocycles. The predicted octanol–water partition coefficient (Wildman–Crippen LogP) is 15.6. The Labute approximate surface area is 335 Å². The maximum absolute atomic E-state index is 4.15. The van der Waals surface area contributed by atoms with E-state index in [1.54, 1.807) is 0 Å². The van der Waals surface area contributed by atoms with Gasteiger partial charge in [0.1, 0.15) is 0 Å². The average molecular weight is 737 g/mol. The Morgan fingerprint density at radius 2 is 0.879 bits per heavy atom. The first-order valence-electron chi connectivity index (χ1n) is 20.0. The molecule has 0 aliphatic rings. The summed E-state index contributed by atoms with van der Waals surface area (Å²) in [6, 6.07) is 77.6. The standard InChI is InChI=1S/C56H36N2/c1-3-17-36(18-4-1)40-33-34-50-47(35-40)54-52-44-28-12-11-27-43(44)51(39-21-5-2-6-22-39)55(57-48-31-15-23-37-19-7-9-25-41(37)48)53(52)45-29-13-14-30-46(45)56(54)58(50)49-32-16-24-38-20-8-10-26-42(38)49/h1-35,57H. The minimum absolute atomic E-state index is 1.08. The van der Waals surface area contributed by atoms with Crippen molar-refractivity contribution >= 4 is 87.0 Å². The van der Waals surface area contributed by atoms with Gasteiger partial charge in [0.05, 0.1) is 22.4 Å². The van der Waals surface area contributed by atoms with Gasteiger partial charge in [-0.1, -0.05) is 188 Å². The van der Waals surface area contributed by atoms with E-state index in [-0.39, 0.29) is 0 Å². The first kappa shape index (κ1) is 32.6. The van der Waals surface area contributed by atoms with E-state index in [1.807, 2.05) is 0 Å². The molecule has 1 heterocycles. The number of benzene rings is 11.